The zero-order valence-electron chi connectivity index (χ0n) is 7.18. The monoisotopic (exact) mass is 252 g/mol. The Bertz CT molecular complexity index is 198. The summed E-state index contributed by atoms with van der Waals surface area (Å²) in [5.41, 5.74) is 0. The zero-order chi connectivity index (χ0) is 11.7. The zero-order valence-corrected chi connectivity index (χ0v) is 8.74. The molecular weight excluding hydrogens is 248 g/mol. The van der Waals surface area contributed by atoms with E-state index in [-0.39, 0.29) is 21.7 Å². The molecule has 0 amide bonds. The van der Waals surface area contributed by atoms with Gasteiger partial charge in [-0.1, -0.05) is 0 Å². The van der Waals surface area contributed by atoms with E-state index in [1.165, 1.54) is 0 Å². The minimum absolute atomic E-state index is 0. The molecule has 8 nitrogen and oxygen atoms in total. The molecule has 0 rings (SSSR count). The summed E-state index contributed by atoms with van der Waals surface area (Å²) in [6.45, 7) is 0. The minimum Gasteiger partial charge on any atom is -0.550 e. The molecule has 0 fully saturated rings. The number of carboxylic acids is 4. The molecule has 0 heterocycles. The SMILES string of the molecule is O=C([O-])CC(=O)[O-].O=C([O-])CC(=O)[O-].[Ti+4]. The van der Waals surface area contributed by atoms with Gasteiger partial charge in [-0.3, -0.25) is 0 Å². The van der Waals surface area contributed by atoms with E-state index in [0.717, 1.165) is 0 Å². The maximum atomic E-state index is 9.28. The molecule has 0 N–H and O–H groups in total. The Labute approximate surface area is 98.4 Å². The van der Waals surface area contributed by atoms with Crippen molar-refractivity contribution in [2.24, 2.45) is 0 Å². The predicted octanol–water partition coefficient (Wildman–Crippen LogP) is -6.25. The Morgan fingerprint density at radius 3 is 0.733 bits per heavy atom. The number of hydrogen-bond acceptors (Lipinski definition) is 8. The van der Waals surface area contributed by atoms with Crippen molar-refractivity contribution >= 4 is 23.9 Å². The van der Waals surface area contributed by atoms with Crippen LogP contribution < -0.4 is 20.4 Å². The molecule has 0 aliphatic rings. The fourth-order valence-electron chi connectivity index (χ4n) is 0.236. The number of aliphatic carboxylic acids is 4. The average Bonchev–Trinajstić information content (AvgIpc) is 1.79. The van der Waals surface area contributed by atoms with Gasteiger partial charge in [0, 0.05) is 36.7 Å². The van der Waals surface area contributed by atoms with Crippen molar-refractivity contribution in [1.82, 2.24) is 0 Å². The summed E-state index contributed by atoms with van der Waals surface area (Å²) in [7, 11) is 0. The van der Waals surface area contributed by atoms with Crippen LogP contribution in [0.5, 0.6) is 0 Å². The van der Waals surface area contributed by atoms with Crippen LogP contribution in [0.1, 0.15) is 12.8 Å². The van der Waals surface area contributed by atoms with Crippen molar-refractivity contribution in [1.29, 1.82) is 0 Å². The third kappa shape index (κ3) is 32.5. The first-order valence-corrected chi connectivity index (χ1v) is 3.05. The fraction of sp³-hybridized carbons (Fsp3) is 0.333. The molecule has 0 unspecified atom stereocenters. The Morgan fingerprint density at radius 2 is 0.733 bits per heavy atom. The molecule has 0 aliphatic carbocycles. The summed E-state index contributed by atoms with van der Waals surface area (Å²) < 4.78 is 0. The molecule has 0 bridgehead atoms. The van der Waals surface area contributed by atoms with Crippen LogP contribution in [-0.2, 0) is 40.9 Å². The Morgan fingerprint density at radius 1 is 0.600 bits per heavy atom. The van der Waals surface area contributed by atoms with Crippen molar-refractivity contribution in [2.45, 2.75) is 12.8 Å². The van der Waals surface area contributed by atoms with Gasteiger partial charge in [0.15, 0.2) is 0 Å². The van der Waals surface area contributed by atoms with Crippen LogP contribution in [0.15, 0.2) is 0 Å². The van der Waals surface area contributed by atoms with Gasteiger partial charge in [-0.25, -0.2) is 0 Å². The largest absolute Gasteiger partial charge is 4.00 e. The number of carboxylic acid groups (broad SMARTS) is 4. The molecule has 0 aromatic rings. The topological polar surface area (TPSA) is 161 Å². The summed E-state index contributed by atoms with van der Waals surface area (Å²) in [6, 6.07) is 0. The summed E-state index contributed by atoms with van der Waals surface area (Å²) in [4.78, 5) is 37.1. The maximum Gasteiger partial charge on any atom is 4.00 e. The van der Waals surface area contributed by atoms with E-state index in [2.05, 4.69) is 0 Å². The summed E-state index contributed by atoms with van der Waals surface area (Å²) in [6.07, 6.45) is -2.06. The third-order valence-corrected chi connectivity index (χ3v) is 0.577. The van der Waals surface area contributed by atoms with Crippen LogP contribution in [-0.4, -0.2) is 23.9 Å². The van der Waals surface area contributed by atoms with Gasteiger partial charge in [-0.2, -0.15) is 0 Å². The van der Waals surface area contributed by atoms with Crippen LogP contribution in [0, 0.1) is 0 Å². The number of carbonyl (C=O) groups is 4. The molecule has 0 atom stereocenters. The third-order valence-electron chi connectivity index (χ3n) is 0.577. The smallest absolute Gasteiger partial charge is 0.550 e. The average molecular weight is 252 g/mol. The first-order chi connectivity index (χ1) is 6.25. The van der Waals surface area contributed by atoms with Crippen LogP contribution in [0.25, 0.3) is 0 Å². The Kier molecular flexibility index (Phi) is 13.7. The molecule has 0 spiro atoms. The molecule has 80 valence electrons. The van der Waals surface area contributed by atoms with Crippen LogP contribution >= 0.6 is 0 Å². The number of rotatable bonds is 4. The molecule has 0 saturated carbocycles. The van der Waals surface area contributed by atoms with E-state index < -0.39 is 36.7 Å². The van der Waals surface area contributed by atoms with E-state index in [1.807, 2.05) is 0 Å². The molecule has 9 heteroatoms. The van der Waals surface area contributed by atoms with Gasteiger partial charge in [0.1, 0.15) is 0 Å². The van der Waals surface area contributed by atoms with Gasteiger partial charge in [0.2, 0.25) is 0 Å². The Hall–Kier alpha value is -1.41. The van der Waals surface area contributed by atoms with E-state index in [9.17, 15) is 39.6 Å². The molecule has 15 heavy (non-hydrogen) atoms. The van der Waals surface area contributed by atoms with Crippen LogP contribution in [0.3, 0.4) is 0 Å². The van der Waals surface area contributed by atoms with E-state index in [0.29, 0.717) is 0 Å². The second-order valence-corrected chi connectivity index (χ2v) is 1.84. The van der Waals surface area contributed by atoms with Crippen LogP contribution in [0.2, 0.25) is 0 Å². The van der Waals surface area contributed by atoms with Gasteiger partial charge in [0.05, 0.1) is 0 Å². The quantitative estimate of drug-likeness (QED) is 0.352. The van der Waals surface area contributed by atoms with Gasteiger partial charge in [-0.15, -0.1) is 0 Å². The second-order valence-electron chi connectivity index (χ2n) is 1.84. The molecule has 0 aromatic carbocycles. The first kappa shape index (κ1) is 19.2. The molecule has 0 saturated heterocycles. The predicted molar refractivity (Wildman–Crippen MR) is 29.3 cm³/mol. The van der Waals surface area contributed by atoms with E-state index >= 15 is 0 Å². The van der Waals surface area contributed by atoms with Crippen molar-refractivity contribution in [3.63, 3.8) is 0 Å². The summed E-state index contributed by atoms with van der Waals surface area (Å²) >= 11 is 0. The number of hydrogen-bond donors (Lipinski definition) is 0. The molecule has 0 radical (unpaired) electrons. The van der Waals surface area contributed by atoms with Crippen molar-refractivity contribution in [3.05, 3.63) is 0 Å². The molecule has 0 aliphatic heterocycles. The number of carbonyl (C=O) groups excluding carboxylic acids is 4. The van der Waals surface area contributed by atoms with Crippen molar-refractivity contribution < 1.29 is 61.3 Å². The van der Waals surface area contributed by atoms with Crippen molar-refractivity contribution in [3.8, 4) is 0 Å². The van der Waals surface area contributed by atoms with E-state index in [4.69, 9.17) is 0 Å². The van der Waals surface area contributed by atoms with Gasteiger partial charge in [-0.05, 0) is 0 Å². The van der Waals surface area contributed by atoms with Gasteiger partial charge in [0.25, 0.3) is 0 Å². The fourth-order valence-corrected chi connectivity index (χ4v) is 0.236. The minimum atomic E-state index is -1.63. The molecule has 0 aromatic heterocycles. The summed E-state index contributed by atoms with van der Waals surface area (Å²) in [5.74, 6) is -6.50. The maximum absolute atomic E-state index is 9.28. The first-order valence-electron chi connectivity index (χ1n) is 3.05. The van der Waals surface area contributed by atoms with Gasteiger partial charge >= 0.3 is 21.7 Å². The van der Waals surface area contributed by atoms with Crippen molar-refractivity contribution in [2.75, 3.05) is 0 Å². The normalized spacial score (nSPS) is 7.47. The van der Waals surface area contributed by atoms with E-state index in [1.54, 1.807) is 0 Å². The van der Waals surface area contributed by atoms with Gasteiger partial charge < -0.3 is 39.6 Å². The second kappa shape index (κ2) is 10.7. The summed E-state index contributed by atoms with van der Waals surface area (Å²) in [5, 5.41) is 37.1. The molecular formula is C6H4O8Ti. The standard InChI is InChI=1S/2C3H4O4.Ti/c2*4-2(5)1-3(6)7;/h2*1H2,(H,4,5)(H,6,7);/q;;+4/p-4. The Balaban J connectivity index is -0.000000180. The van der Waals surface area contributed by atoms with Crippen LogP contribution in [0.4, 0.5) is 0 Å².